The van der Waals surface area contributed by atoms with Crippen LogP contribution in [-0.2, 0) is 4.79 Å². The molecule has 2 N–H and O–H groups in total. The van der Waals surface area contributed by atoms with Crippen LogP contribution >= 0.6 is 0 Å². The number of Topliss-reactive ketones (excluding diaryl/α,β-unsaturated/α-hetero) is 1. The first kappa shape index (κ1) is 21.9. The summed E-state index contributed by atoms with van der Waals surface area (Å²) in [4.78, 5) is 13.7. The number of nitrogens with one attached hydrogen (secondary N) is 1. The minimum Gasteiger partial charge on any atom is -0.502 e. The highest BCUT2D eigenvalue weighted by molar-refractivity contribution is 6.01. The van der Waals surface area contributed by atoms with Gasteiger partial charge in [0.2, 0.25) is 11.6 Å². The summed E-state index contributed by atoms with van der Waals surface area (Å²) in [5.41, 5.74) is 4.81. The average molecular weight is 463 g/mol. The van der Waals surface area contributed by atoms with Gasteiger partial charge < -0.3 is 29.2 Å². The Hall–Kier alpha value is -3.94. The lowest BCUT2D eigenvalue weighted by Crippen LogP contribution is -2.29. The van der Waals surface area contributed by atoms with Gasteiger partial charge in [0.15, 0.2) is 17.3 Å². The SMILES string of the molecule is COc1ccc([C@@H]2CC(=O)C3=C(C2)Nc2onc(C)c2[C@H]3c2cc(OC)c(O)c(OC)c2)cc1. The molecule has 3 aromatic rings. The monoisotopic (exact) mass is 462 g/mol. The zero-order valence-electron chi connectivity index (χ0n) is 19.5. The van der Waals surface area contributed by atoms with E-state index in [2.05, 4.69) is 10.5 Å². The van der Waals surface area contributed by atoms with Gasteiger partial charge in [-0.1, -0.05) is 17.3 Å². The summed E-state index contributed by atoms with van der Waals surface area (Å²) < 4.78 is 21.6. The Morgan fingerprint density at radius 3 is 2.29 bits per heavy atom. The number of carbonyl (C=O) groups excluding carboxylic acids is 1. The molecule has 2 atom stereocenters. The molecule has 0 saturated carbocycles. The second-order valence-corrected chi connectivity index (χ2v) is 8.54. The number of anilines is 1. The van der Waals surface area contributed by atoms with E-state index in [1.165, 1.54) is 14.2 Å². The number of aromatic hydroxyl groups is 1. The molecule has 0 fully saturated rings. The molecule has 0 saturated heterocycles. The molecule has 2 aromatic carbocycles. The van der Waals surface area contributed by atoms with Gasteiger partial charge in [0.25, 0.3) is 0 Å². The molecular formula is C26H26N2O6. The number of methoxy groups -OCH3 is 3. The van der Waals surface area contributed by atoms with Crippen molar-refractivity contribution in [3.63, 3.8) is 0 Å². The van der Waals surface area contributed by atoms with Crippen molar-refractivity contribution in [3.05, 3.63) is 70.1 Å². The van der Waals surface area contributed by atoms with Crippen LogP contribution in [0.15, 0.2) is 52.2 Å². The summed E-state index contributed by atoms with van der Waals surface area (Å²) in [6, 6.07) is 11.3. The number of hydrogen-bond donors (Lipinski definition) is 2. The van der Waals surface area contributed by atoms with E-state index >= 15 is 0 Å². The Bertz CT molecular complexity index is 1270. The van der Waals surface area contributed by atoms with Crippen molar-refractivity contribution < 1.29 is 28.6 Å². The third-order valence-electron chi connectivity index (χ3n) is 6.68. The minimum atomic E-state index is -0.426. The van der Waals surface area contributed by atoms with Crippen molar-refractivity contribution in [2.24, 2.45) is 0 Å². The number of phenolic OH excluding ortho intramolecular Hbond substituents is 1. The van der Waals surface area contributed by atoms with Gasteiger partial charge in [0.05, 0.1) is 32.6 Å². The highest BCUT2D eigenvalue weighted by Gasteiger charge is 2.41. The molecule has 34 heavy (non-hydrogen) atoms. The average Bonchev–Trinajstić information content (AvgIpc) is 3.23. The van der Waals surface area contributed by atoms with E-state index in [0.29, 0.717) is 30.0 Å². The molecule has 1 aliphatic heterocycles. The third-order valence-corrected chi connectivity index (χ3v) is 6.68. The summed E-state index contributed by atoms with van der Waals surface area (Å²) in [7, 11) is 4.59. The van der Waals surface area contributed by atoms with Crippen LogP contribution in [0.25, 0.3) is 0 Å². The topological polar surface area (TPSA) is 103 Å². The predicted molar refractivity (Wildman–Crippen MR) is 125 cm³/mol. The van der Waals surface area contributed by atoms with Crippen molar-refractivity contribution in [1.82, 2.24) is 5.16 Å². The minimum absolute atomic E-state index is 0.0276. The third kappa shape index (κ3) is 3.46. The molecule has 8 heteroatoms. The van der Waals surface area contributed by atoms with Crippen LogP contribution in [0.1, 0.15) is 47.1 Å². The van der Waals surface area contributed by atoms with Crippen LogP contribution in [0.3, 0.4) is 0 Å². The highest BCUT2D eigenvalue weighted by atomic mass is 16.5. The molecule has 0 radical (unpaired) electrons. The number of ketones is 1. The molecule has 0 amide bonds. The van der Waals surface area contributed by atoms with Gasteiger partial charge in [0, 0.05) is 23.6 Å². The van der Waals surface area contributed by atoms with Crippen molar-refractivity contribution >= 4 is 11.7 Å². The lowest BCUT2D eigenvalue weighted by molar-refractivity contribution is -0.116. The molecule has 0 bridgehead atoms. The number of fused-ring (bicyclic) bond motifs is 1. The van der Waals surface area contributed by atoms with Crippen LogP contribution in [0.2, 0.25) is 0 Å². The van der Waals surface area contributed by atoms with Gasteiger partial charge >= 0.3 is 0 Å². The fraction of sp³-hybridized carbons (Fsp3) is 0.308. The summed E-state index contributed by atoms with van der Waals surface area (Å²) in [5, 5.41) is 17.9. The van der Waals surface area contributed by atoms with E-state index in [0.717, 1.165) is 28.1 Å². The fourth-order valence-electron chi connectivity index (χ4n) is 5.00. The maximum absolute atomic E-state index is 13.7. The molecule has 2 aliphatic rings. The summed E-state index contributed by atoms with van der Waals surface area (Å²) in [6.07, 6.45) is 1.03. The molecule has 0 spiro atoms. The standard InChI is InChI=1S/C26H26N2O6/c1-13-22-23(16-11-20(32-3)25(30)21(12-16)33-4)24-18(27-26(22)34-28-13)9-15(10-19(24)29)14-5-7-17(31-2)8-6-14/h5-8,11-12,15,23,27,30H,9-10H2,1-4H3/t15-,23+/m0/s1. The largest absolute Gasteiger partial charge is 0.502 e. The van der Waals surface area contributed by atoms with E-state index in [4.69, 9.17) is 18.7 Å². The zero-order valence-corrected chi connectivity index (χ0v) is 19.5. The Kier molecular flexibility index (Phi) is 5.43. The number of rotatable bonds is 5. The van der Waals surface area contributed by atoms with Crippen molar-refractivity contribution in [1.29, 1.82) is 0 Å². The molecule has 0 unspecified atom stereocenters. The number of allylic oxidation sites excluding steroid dienone is 2. The van der Waals surface area contributed by atoms with Gasteiger partial charge in [-0.05, 0) is 54.7 Å². The fourth-order valence-corrected chi connectivity index (χ4v) is 5.00. The van der Waals surface area contributed by atoms with E-state index in [1.54, 1.807) is 19.2 Å². The maximum Gasteiger partial charge on any atom is 0.233 e. The molecule has 5 rings (SSSR count). The molecule has 2 heterocycles. The number of benzene rings is 2. The van der Waals surface area contributed by atoms with Crippen LogP contribution in [0.4, 0.5) is 5.88 Å². The Labute approximate surface area is 197 Å². The van der Waals surface area contributed by atoms with E-state index < -0.39 is 5.92 Å². The van der Waals surface area contributed by atoms with Crippen molar-refractivity contribution in [2.45, 2.75) is 31.6 Å². The highest BCUT2D eigenvalue weighted by Crippen LogP contribution is 2.51. The summed E-state index contributed by atoms with van der Waals surface area (Å²) in [6.45, 7) is 1.85. The van der Waals surface area contributed by atoms with Crippen LogP contribution < -0.4 is 19.5 Å². The number of phenols is 1. The first-order chi connectivity index (χ1) is 16.4. The zero-order chi connectivity index (χ0) is 24.0. The lowest BCUT2D eigenvalue weighted by atomic mass is 9.72. The molecule has 8 nitrogen and oxygen atoms in total. The van der Waals surface area contributed by atoms with Crippen molar-refractivity contribution in [3.8, 4) is 23.0 Å². The first-order valence-electron chi connectivity index (χ1n) is 11.0. The molecular weight excluding hydrogens is 436 g/mol. The quantitative estimate of drug-likeness (QED) is 0.564. The smallest absolute Gasteiger partial charge is 0.233 e. The van der Waals surface area contributed by atoms with E-state index in [-0.39, 0.29) is 28.9 Å². The number of aryl methyl sites for hydroxylation is 1. The number of ether oxygens (including phenoxy) is 3. The molecule has 1 aliphatic carbocycles. The predicted octanol–water partition coefficient (Wildman–Crippen LogP) is 4.67. The maximum atomic E-state index is 13.7. The van der Waals surface area contributed by atoms with Crippen LogP contribution in [0, 0.1) is 6.92 Å². The molecule has 176 valence electrons. The number of hydrogen-bond acceptors (Lipinski definition) is 8. The van der Waals surface area contributed by atoms with Gasteiger partial charge in [0.1, 0.15) is 5.75 Å². The second kappa shape index (κ2) is 8.44. The number of aromatic nitrogens is 1. The summed E-state index contributed by atoms with van der Waals surface area (Å²) in [5.74, 6) is 1.40. The Morgan fingerprint density at radius 2 is 1.68 bits per heavy atom. The van der Waals surface area contributed by atoms with Gasteiger partial charge in [-0.15, -0.1) is 0 Å². The van der Waals surface area contributed by atoms with E-state index in [9.17, 15) is 9.90 Å². The second-order valence-electron chi connectivity index (χ2n) is 8.54. The molecule has 1 aromatic heterocycles. The Balaban J connectivity index is 1.62. The Morgan fingerprint density at radius 1 is 1.00 bits per heavy atom. The van der Waals surface area contributed by atoms with Crippen LogP contribution in [0.5, 0.6) is 23.0 Å². The lowest BCUT2D eigenvalue weighted by Gasteiger charge is -2.34. The van der Waals surface area contributed by atoms with Gasteiger partial charge in [-0.25, -0.2) is 0 Å². The van der Waals surface area contributed by atoms with Crippen molar-refractivity contribution in [2.75, 3.05) is 26.6 Å². The normalized spacial score (nSPS) is 19.2. The van der Waals surface area contributed by atoms with Gasteiger partial charge in [-0.2, -0.15) is 0 Å². The number of nitrogens with zero attached hydrogens (tertiary/aromatic N) is 1. The first-order valence-corrected chi connectivity index (χ1v) is 11.0. The summed E-state index contributed by atoms with van der Waals surface area (Å²) >= 11 is 0. The van der Waals surface area contributed by atoms with Gasteiger partial charge in [-0.3, -0.25) is 4.79 Å². The number of carbonyl (C=O) groups is 1. The van der Waals surface area contributed by atoms with E-state index in [1.807, 2.05) is 31.2 Å². The van der Waals surface area contributed by atoms with Crippen LogP contribution in [-0.4, -0.2) is 37.4 Å².